The highest BCUT2D eigenvalue weighted by Gasteiger charge is 2.06. The highest BCUT2D eigenvalue weighted by molar-refractivity contribution is 9.10. The minimum absolute atomic E-state index is 0.179. The van der Waals surface area contributed by atoms with E-state index in [0.717, 1.165) is 14.9 Å². The summed E-state index contributed by atoms with van der Waals surface area (Å²) < 4.78 is 6.19. The number of benzene rings is 2. The van der Waals surface area contributed by atoms with Crippen LogP contribution in [0.4, 0.5) is 0 Å². The van der Waals surface area contributed by atoms with Crippen molar-refractivity contribution in [3.63, 3.8) is 0 Å². The fourth-order valence-corrected chi connectivity index (χ4v) is 2.60. The molecule has 22 heavy (non-hydrogen) atoms. The van der Waals surface area contributed by atoms with Crippen LogP contribution in [0.15, 0.2) is 57.9 Å². The molecular formula is C16H14BrNO3S. The standard InChI is InChI=1S/C16H14BrNO3S/c17-13-5-7-14(8-6-13)22-10-15(19)21-9-11-1-3-12(4-2-11)16(18)20/h1-8H,9-10H2,(H2,18,20). The molecule has 2 N–H and O–H groups in total. The van der Waals surface area contributed by atoms with Gasteiger partial charge in [-0.15, -0.1) is 11.8 Å². The fraction of sp³-hybridized carbons (Fsp3) is 0.125. The van der Waals surface area contributed by atoms with Crippen LogP contribution in [0.1, 0.15) is 15.9 Å². The molecule has 0 spiro atoms. The molecule has 2 aromatic rings. The van der Waals surface area contributed by atoms with E-state index in [1.54, 1.807) is 24.3 Å². The third-order valence-electron chi connectivity index (χ3n) is 2.81. The van der Waals surface area contributed by atoms with Crippen LogP contribution < -0.4 is 5.73 Å². The molecule has 1 amide bonds. The first kappa shape index (κ1) is 16.6. The first-order chi connectivity index (χ1) is 10.5. The van der Waals surface area contributed by atoms with Crippen LogP contribution in [0.3, 0.4) is 0 Å². The number of rotatable bonds is 6. The van der Waals surface area contributed by atoms with Crippen molar-refractivity contribution in [1.82, 2.24) is 0 Å². The Bertz CT molecular complexity index is 656. The Labute approximate surface area is 141 Å². The van der Waals surface area contributed by atoms with Gasteiger partial charge in [-0.1, -0.05) is 28.1 Å². The molecule has 0 fully saturated rings. The van der Waals surface area contributed by atoms with Crippen LogP contribution >= 0.6 is 27.7 Å². The second-order valence-electron chi connectivity index (χ2n) is 4.46. The third kappa shape index (κ3) is 5.20. The largest absolute Gasteiger partial charge is 0.460 e. The quantitative estimate of drug-likeness (QED) is 0.616. The molecule has 0 bridgehead atoms. The number of esters is 1. The Balaban J connectivity index is 1.77. The maximum absolute atomic E-state index is 11.7. The van der Waals surface area contributed by atoms with Gasteiger partial charge < -0.3 is 10.5 Å². The molecule has 2 aromatic carbocycles. The molecule has 4 nitrogen and oxygen atoms in total. The van der Waals surface area contributed by atoms with Crippen molar-refractivity contribution in [1.29, 1.82) is 0 Å². The summed E-state index contributed by atoms with van der Waals surface area (Å²) in [5.41, 5.74) is 6.40. The summed E-state index contributed by atoms with van der Waals surface area (Å²) in [5, 5.41) is 0. The number of amides is 1. The Morgan fingerprint density at radius 2 is 1.68 bits per heavy atom. The number of thioether (sulfide) groups is 1. The van der Waals surface area contributed by atoms with Gasteiger partial charge in [0.05, 0.1) is 5.75 Å². The smallest absolute Gasteiger partial charge is 0.316 e. The molecule has 0 aliphatic rings. The number of ether oxygens (including phenoxy) is 1. The van der Waals surface area contributed by atoms with E-state index in [0.29, 0.717) is 5.56 Å². The van der Waals surface area contributed by atoms with E-state index in [1.165, 1.54) is 11.8 Å². The molecule has 0 aliphatic heterocycles. The molecule has 6 heteroatoms. The van der Waals surface area contributed by atoms with E-state index in [9.17, 15) is 9.59 Å². The third-order valence-corrected chi connectivity index (χ3v) is 4.32. The highest BCUT2D eigenvalue weighted by atomic mass is 79.9. The van der Waals surface area contributed by atoms with Gasteiger partial charge >= 0.3 is 5.97 Å². The average molecular weight is 380 g/mol. The molecular weight excluding hydrogens is 366 g/mol. The maximum Gasteiger partial charge on any atom is 0.316 e. The Hall–Kier alpha value is -1.79. The number of primary amides is 1. The normalized spacial score (nSPS) is 10.2. The number of hydrogen-bond donors (Lipinski definition) is 1. The van der Waals surface area contributed by atoms with Gasteiger partial charge in [0.15, 0.2) is 0 Å². The maximum atomic E-state index is 11.7. The topological polar surface area (TPSA) is 69.4 Å². The molecule has 0 unspecified atom stereocenters. The van der Waals surface area contributed by atoms with Crippen LogP contribution in [0.5, 0.6) is 0 Å². The minimum Gasteiger partial charge on any atom is -0.460 e. The highest BCUT2D eigenvalue weighted by Crippen LogP contribution is 2.20. The molecule has 0 saturated carbocycles. The van der Waals surface area contributed by atoms with Gasteiger partial charge in [0.2, 0.25) is 5.91 Å². The predicted molar refractivity (Wildman–Crippen MR) is 89.6 cm³/mol. The van der Waals surface area contributed by atoms with Gasteiger partial charge in [0, 0.05) is 14.9 Å². The lowest BCUT2D eigenvalue weighted by molar-refractivity contribution is -0.141. The molecule has 0 heterocycles. The Morgan fingerprint density at radius 3 is 2.27 bits per heavy atom. The molecule has 0 saturated heterocycles. The predicted octanol–water partition coefficient (Wildman–Crippen LogP) is 3.38. The number of hydrogen-bond acceptors (Lipinski definition) is 4. The van der Waals surface area contributed by atoms with Crippen molar-refractivity contribution in [3.8, 4) is 0 Å². The zero-order valence-corrected chi connectivity index (χ0v) is 14.0. The summed E-state index contributed by atoms with van der Waals surface area (Å²) in [7, 11) is 0. The van der Waals surface area contributed by atoms with Crippen molar-refractivity contribution in [3.05, 3.63) is 64.1 Å². The summed E-state index contributed by atoms with van der Waals surface area (Å²) >= 11 is 4.78. The van der Waals surface area contributed by atoms with Crippen molar-refractivity contribution in [2.75, 3.05) is 5.75 Å². The van der Waals surface area contributed by atoms with Crippen molar-refractivity contribution in [2.24, 2.45) is 5.73 Å². The number of halogens is 1. The molecule has 0 aromatic heterocycles. The Morgan fingerprint density at radius 1 is 1.05 bits per heavy atom. The van der Waals surface area contributed by atoms with E-state index in [1.807, 2.05) is 24.3 Å². The first-order valence-corrected chi connectivity index (χ1v) is 8.25. The van der Waals surface area contributed by atoms with Gasteiger partial charge in [0.1, 0.15) is 6.61 Å². The molecule has 114 valence electrons. The fourth-order valence-electron chi connectivity index (χ4n) is 1.64. The molecule has 0 radical (unpaired) electrons. The second kappa shape index (κ2) is 8.00. The van der Waals surface area contributed by atoms with Crippen LogP contribution in [0.25, 0.3) is 0 Å². The summed E-state index contributed by atoms with van der Waals surface area (Å²) in [6.45, 7) is 0.179. The Kier molecular flexibility index (Phi) is 6.03. The van der Waals surface area contributed by atoms with Crippen molar-refractivity contribution in [2.45, 2.75) is 11.5 Å². The summed E-state index contributed by atoms with van der Waals surface area (Å²) in [5.74, 6) is -0.512. The van der Waals surface area contributed by atoms with E-state index < -0.39 is 5.91 Å². The minimum atomic E-state index is -0.477. The first-order valence-electron chi connectivity index (χ1n) is 6.47. The van der Waals surface area contributed by atoms with Crippen LogP contribution in [-0.2, 0) is 16.1 Å². The monoisotopic (exact) mass is 379 g/mol. The molecule has 0 atom stereocenters. The van der Waals surface area contributed by atoms with Gasteiger partial charge in [-0.05, 0) is 42.0 Å². The van der Waals surface area contributed by atoms with Crippen molar-refractivity contribution >= 4 is 39.6 Å². The van der Waals surface area contributed by atoms with E-state index in [4.69, 9.17) is 10.5 Å². The van der Waals surface area contributed by atoms with E-state index >= 15 is 0 Å². The van der Waals surface area contributed by atoms with Gasteiger partial charge in [-0.2, -0.15) is 0 Å². The van der Waals surface area contributed by atoms with Crippen LogP contribution in [-0.4, -0.2) is 17.6 Å². The zero-order valence-electron chi connectivity index (χ0n) is 11.6. The van der Waals surface area contributed by atoms with Gasteiger partial charge in [0.25, 0.3) is 0 Å². The second-order valence-corrected chi connectivity index (χ2v) is 6.43. The van der Waals surface area contributed by atoms with Crippen LogP contribution in [0, 0.1) is 0 Å². The summed E-state index contributed by atoms with van der Waals surface area (Å²) in [6.07, 6.45) is 0. The molecule has 0 aliphatic carbocycles. The SMILES string of the molecule is NC(=O)c1ccc(COC(=O)CSc2ccc(Br)cc2)cc1. The number of nitrogens with two attached hydrogens (primary N) is 1. The van der Waals surface area contributed by atoms with E-state index in [-0.39, 0.29) is 18.3 Å². The molecule has 2 rings (SSSR count). The lowest BCUT2D eigenvalue weighted by Crippen LogP contribution is -2.11. The van der Waals surface area contributed by atoms with Crippen LogP contribution in [0.2, 0.25) is 0 Å². The number of carbonyl (C=O) groups excluding carboxylic acids is 2. The lowest BCUT2D eigenvalue weighted by Gasteiger charge is -2.05. The number of carbonyl (C=O) groups is 2. The van der Waals surface area contributed by atoms with Gasteiger partial charge in [-0.25, -0.2) is 0 Å². The summed E-state index contributed by atoms with van der Waals surface area (Å²) in [4.78, 5) is 23.7. The van der Waals surface area contributed by atoms with Crippen molar-refractivity contribution < 1.29 is 14.3 Å². The lowest BCUT2D eigenvalue weighted by atomic mass is 10.1. The summed E-state index contributed by atoms with van der Waals surface area (Å²) in [6, 6.07) is 14.4. The average Bonchev–Trinajstić information content (AvgIpc) is 2.52. The zero-order chi connectivity index (χ0) is 15.9. The van der Waals surface area contributed by atoms with E-state index in [2.05, 4.69) is 15.9 Å². The van der Waals surface area contributed by atoms with Gasteiger partial charge in [-0.3, -0.25) is 9.59 Å².